The quantitative estimate of drug-likeness (QED) is 0.593. The predicted molar refractivity (Wildman–Crippen MR) is 106 cm³/mol. The maximum atomic E-state index is 8.68. The molecule has 26 heavy (non-hydrogen) atoms. The lowest BCUT2D eigenvalue weighted by Gasteiger charge is -2.09. The van der Waals surface area contributed by atoms with E-state index < -0.39 is 0 Å². The molecule has 2 N–H and O–H groups in total. The molecule has 0 saturated heterocycles. The van der Waals surface area contributed by atoms with E-state index in [0.717, 1.165) is 21.3 Å². The molecular weight excluding hydrogens is 414 g/mol. The third-order valence-electron chi connectivity index (χ3n) is 3.45. The molecule has 0 saturated carbocycles. The number of anilines is 1. The molecule has 2 aromatic carbocycles. The molecule has 0 bridgehead atoms. The minimum absolute atomic E-state index is 0.319. The van der Waals surface area contributed by atoms with E-state index in [1.165, 1.54) is 0 Å². The first-order chi connectivity index (χ1) is 12.6. The molecule has 0 aliphatic rings. The molecule has 0 aliphatic heterocycles. The lowest BCUT2D eigenvalue weighted by Crippen LogP contribution is -2.28. The van der Waals surface area contributed by atoms with Crippen molar-refractivity contribution in [3.05, 3.63) is 64.5 Å². The largest absolute Gasteiger partial charge is 0.353 e. The molecule has 1 aromatic heterocycles. The molecule has 3 aromatic rings. The van der Waals surface area contributed by atoms with E-state index in [1.54, 1.807) is 0 Å². The van der Waals surface area contributed by atoms with E-state index in [1.807, 2.05) is 48.5 Å². The Morgan fingerprint density at radius 3 is 2.77 bits per heavy atom. The molecule has 0 amide bonds. The van der Waals surface area contributed by atoms with Gasteiger partial charge in [0.15, 0.2) is 5.11 Å². The van der Waals surface area contributed by atoms with Crippen LogP contribution < -0.4 is 10.6 Å². The second kappa shape index (κ2) is 8.56. The number of thiocarbonyl (C=S) groups is 1. The topological polar surface area (TPSA) is 86.8 Å². The van der Waals surface area contributed by atoms with Crippen molar-refractivity contribution in [1.29, 1.82) is 5.26 Å². The van der Waals surface area contributed by atoms with Gasteiger partial charge in [0, 0.05) is 15.7 Å². The minimum atomic E-state index is 0.319. The predicted octanol–water partition coefficient (Wildman–Crippen LogP) is 4.05. The fourth-order valence-corrected chi connectivity index (χ4v) is 2.79. The van der Waals surface area contributed by atoms with Gasteiger partial charge in [-0.2, -0.15) is 10.2 Å². The smallest absolute Gasteiger partial charge is 0.246 e. The fraction of sp³-hybridized carbons (Fsp3) is 0.111. The van der Waals surface area contributed by atoms with Crippen molar-refractivity contribution in [2.45, 2.75) is 13.0 Å². The van der Waals surface area contributed by atoms with Crippen molar-refractivity contribution >= 4 is 38.9 Å². The number of nitriles is 1. The highest BCUT2D eigenvalue weighted by Crippen LogP contribution is 2.20. The molecular formula is C18H14BrN5OS. The third kappa shape index (κ3) is 4.88. The van der Waals surface area contributed by atoms with Crippen LogP contribution in [-0.2, 0) is 13.0 Å². The van der Waals surface area contributed by atoms with Crippen molar-refractivity contribution in [3.8, 4) is 17.5 Å². The first kappa shape index (κ1) is 18.0. The minimum Gasteiger partial charge on any atom is -0.353 e. The van der Waals surface area contributed by atoms with Crippen LogP contribution in [0, 0.1) is 11.3 Å². The van der Waals surface area contributed by atoms with Gasteiger partial charge in [0.05, 0.1) is 19.0 Å². The number of rotatable bonds is 5. The van der Waals surface area contributed by atoms with Gasteiger partial charge in [-0.3, -0.25) is 0 Å². The Morgan fingerprint density at radius 1 is 1.23 bits per heavy atom. The zero-order valence-corrected chi connectivity index (χ0v) is 16.0. The summed E-state index contributed by atoms with van der Waals surface area (Å²) in [5.41, 5.74) is 2.67. The highest BCUT2D eigenvalue weighted by atomic mass is 79.9. The summed E-state index contributed by atoms with van der Waals surface area (Å²) < 4.78 is 6.19. The van der Waals surface area contributed by atoms with Crippen LogP contribution in [0.2, 0.25) is 0 Å². The van der Waals surface area contributed by atoms with Crippen molar-refractivity contribution in [2.24, 2.45) is 0 Å². The number of hydrogen-bond donors (Lipinski definition) is 2. The molecule has 8 heteroatoms. The van der Waals surface area contributed by atoms with Gasteiger partial charge < -0.3 is 15.2 Å². The van der Waals surface area contributed by atoms with Crippen molar-refractivity contribution in [3.63, 3.8) is 0 Å². The number of halogens is 1. The van der Waals surface area contributed by atoms with Gasteiger partial charge in [0.1, 0.15) is 0 Å². The maximum absolute atomic E-state index is 8.68. The van der Waals surface area contributed by atoms with Gasteiger partial charge in [0.2, 0.25) is 11.7 Å². The van der Waals surface area contributed by atoms with Gasteiger partial charge in [-0.25, -0.2) is 0 Å². The SMILES string of the molecule is N#CCc1ccc(NC(=S)NCc2nc(-c3cccc(Br)c3)no2)cc1. The maximum Gasteiger partial charge on any atom is 0.246 e. The Balaban J connectivity index is 1.54. The first-order valence-corrected chi connectivity index (χ1v) is 8.93. The Kier molecular flexibility index (Phi) is 5.94. The Morgan fingerprint density at radius 2 is 2.04 bits per heavy atom. The average Bonchev–Trinajstić information content (AvgIpc) is 3.11. The van der Waals surface area contributed by atoms with Crippen molar-refractivity contribution in [2.75, 3.05) is 5.32 Å². The summed E-state index contributed by atoms with van der Waals surface area (Å²) in [5, 5.41) is 19.2. The van der Waals surface area contributed by atoms with Gasteiger partial charge in [0.25, 0.3) is 0 Å². The molecule has 1 heterocycles. The van der Waals surface area contributed by atoms with E-state index in [0.29, 0.717) is 29.8 Å². The Bertz CT molecular complexity index is 949. The fourth-order valence-electron chi connectivity index (χ4n) is 2.20. The standard InChI is InChI=1S/C18H14BrN5OS/c19-14-3-1-2-13(10-14)17-23-16(25-24-17)11-21-18(26)22-15-6-4-12(5-7-15)8-9-20/h1-7,10H,8,11H2,(H2,21,22,26). The van der Waals surface area contributed by atoms with Crippen LogP contribution in [0.5, 0.6) is 0 Å². The molecule has 3 rings (SSSR count). The number of benzene rings is 2. The normalized spacial score (nSPS) is 10.2. The van der Waals surface area contributed by atoms with E-state index in [9.17, 15) is 0 Å². The number of nitrogens with one attached hydrogen (secondary N) is 2. The van der Waals surface area contributed by atoms with Crippen LogP contribution in [0.3, 0.4) is 0 Å². The number of nitrogens with zero attached hydrogens (tertiary/aromatic N) is 3. The van der Waals surface area contributed by atoms with Gasteiger partial charge in [-0.05, 0) is 42.0 Å². The van der Waals surface area contributed by atoms with Crippen LogP contribution in [-0.4, -0.2) is 15.3 Å². The third-order valence-corrected chi connectivity index (χ3v) is 4.19. The second-order valence-corrected chi connectivity index (χ2v) is 6.69. The summed E-state index contributed by atoms with van der Waals surface area (Å²) in [5.74, 6) is 0.962. The van der Waals surface area contributed by atoms with Crippen LogP contribution in [0.25, 0.3) is 11.4 Å². The summed E-state index contributed by atoms with van der Waals surface area (Å²) >= 11 is 8.69. The molecule has 0 unspecified atom stereocenters. The highest BCUT2D eigenvalue weighted by molar-refractivity contribution is 9.10. The zero-order valence-electron chi connectivity index (χ0n) is 13.6. The summed E-state index contributed by atoms with van der Waals surface area (Å²) in [6.45, 7) is 0.319. The van der Waals surface area contributed by atoms with Gasteiger partial charge in [-0.1, -0.05) is 45.4 Å². The molecule has 0 radical (unpaired) electrons. The Labute approximate surface area is 164 Å². The monoisotopic (exact) mass is 427 g/mol. The van der Waals surface area contributed by atoms with Crippen molar-refractivity contribution in [1.82, 2.24) is 15.5 Å². The van der Waals surface area contributed by atoms with Crippen LogP contribution in [0.1, 0.15) is 11.5 Å². The molecule has 0 spiro atoms. The highest BCUT2D eigenvalue weighted by Gasteiger charge is 2.09. The lowest BCUT2D eigenvalue weighted by atomic mass is 10.1. The Hall–Kier alpha value is -2.76. The van der Waals surface area contributed by atoms with E-state index in [-0.39, 0.29) is 0 Å². The molecule has 0 atom stereocenters. The summed E-state index contributed by atoms with van der Waals surface area (Å²) in [6.07, 6.45) is 0.389. The van der Waals surface area contributed by atoms with E-state index in [2.05, 4.69) is 42.8 Å². The van der Waals surface area contributed by atoms with Crippen LogP contribution in [0.15, 0.2) is 57.5 Å². The zero-order chi connectivity index (χ0) is 18.4. The first-order valence-electron chi connectivity index (χ1n) is 7.73. The summed E-state index contributed by atoms with van der Waals surface area (Å²) in [6, 6.07) is 17.3. The van der Waals surface area contributed by atoms with Crippen LogP contribution >= 0.6 is 28.1 Å². The lowest BCUT2D eigenvalue weighted by molar-refractivity contribution is 0.376. The van der Waals surface area contributed by atoms with Crippen LogP contribution in [0.4, 0.5) is 5.69 Å². The molecule has 130 valence electrons. The van der Waals surface area contributed by atoms with E-state index >= 15 is 0 Å². The average molecular weight is 428 g/mol. The van der Waals surface area contributed by atoms with E-state index in [4.69, 9.17) is 22.0 Å². The number of hydrogen-bond acceptors (Lipinski definition) is 5. The molecule has 0 fully saturated rings. The number of aromatic nitrogens is 2. The van der Waals surface area contributed by atoms with Gasteiger partial charge in [-0.15, -0.1) is 0 Å². The summed E-state index contributed by atoms with van der Waals surface area (Å²) in [7, 11) is 0. The second-order valence-electron chi connectivity index (χ2n) is 5.36. The summed E-state index contributed by atoms with van der Waals surface area (Å²) in [4.78, 5) is 4.35. The molecule has 6 nitrogen and oxygen atoms in total. The van der Waals surface area contributed by atoms with Gasteiger partial charge >= 0.3 is 0 Å². The van der Waals surface area contributed by atoms with Crippen molar-refractivity contribution < 1.29 is 4.52 Å². The molecule has 0 aliphatic carbocycles.